The highest BCUT2D eigenvalue weighted by Gasteiger charge is 2.19. The maximum absolute atomic E-state index is 13.2. The predicted molar refractivity (Wildman–Crippen MR) is 164 cm³/mol. The monoisotopic (exact) mass is 558 g/mol. The molecule has 1 N–H and O–H groups in total. The number of nitrogens with zero attached hydrogens (tertiary/aromatic N) is 5. The van der Waals surface area contributed by atoms with Crippen molar-refractivity contribution in [2.45, 2.75) is 6.92 Å². The van der Waals surface area contributed by atoms with Crippen LogP contribution >= 0.6 is 11.3 Å². The summed E-state index contributed by atoms with van der Waals surface area (Å²) in [6, 6.07) is 30.3. The van der Waals surface area contributed by atoms with Gasteiger partial charge >= 0.3 is 0 Å². The van der Waals surface area contributed by atoms with Crippen LogP contribution in [-0.2, 0) is 7.05 Å². The number of benzene rings is 3. The minimum atomic E-state index is -0.385. The van der Waals surface area contributed by atoms with Gasteiger partial charge in [-0.1, -0.05) is 48.5 Å². The van der Waals surface area contributed by atoms with E-state index in [9.17, 15) is 9.59 Å². The lowest BCUT2D eigenvalue weighted by atomic mass is 10.2. The molecule has 0 bridgehead atoms. The van der Waals surface area contributed by atoms with Crippen LogP contribution in [0.3, 0.4) is 0 Å². The van der Waals surface area contributed by atoms with Crippen LogP contribution in [0.4, 0.5) is 11.4 Å². The molecule has 0 saturated carbocycles. The molecule has 0 aliphatic heterocycles. The molecule has 3 aromatic heterocycles. The van der Waals surface area contributed by atoms with Crippen molar-refractivity contribution < 1.29 is 4.79 Å². The van der Waals surface area contributed by atoms with Gasteiger partial charge in [0.2, 0.25) is 0 Å². The van der Waals surface area contributed by atoms with E-state index in [4.69, 9.17) is 5.10 Å². The highest BCUT2D eigenvalue weighted by molar-refractivity contribution is 7.13. The van der Waals surface area contributed by atoms with Gasteiger partial charge < -0.3 is 5.32 Å². The number of thiophene rings is 1. The molecule has 9 heteroatoms. The quantitative estimate of drug-likeness (QED) is 0.230. The first-order valence-corrected chi connectivity index (χ1v) is 13.9. The van der Waals surface area contributed by atoms with Gasteiger partial charge in [0.1, 0.15) is 11.4 Å². The van der Waals surface area contributed by atoms with Gasteiger partial charge in [-0.15, -0.1) is 11.3 Å². The summed E-state index contributed by atoms with van der Waals surface area (Å²) < 4.78 is 5.10. The zero-order chi connectivity index (χ0) is 28.3. The zero-order valence-electron chi connectivity index (χ0n) is 22.4. The number of aromatic nitrogens is 4. The number of para-hydroxylation sites is 2. The van der Waals surface area contributed by atoms with Crippen LogP contribution in [0.5, 0.6) is 0 Å². The van der Waals surface area contributed by atoms with Gasteiger partial charge in [-0.05, 0) is 60.8 Å². The Morgan fingerprint density at radius 3 is 2.37 bits per heavy atom. The molecular formula is C32H26N6O2S. The van der Waals surface area contributed by atoms with E-state index in [2.05, 4.69) is 10.3 Å². The predicted octanol–water partition coefficient (Wildman–Crippen LogP) is 6.40. The summed E-state index contributed by atoms with van der Waals surface area (Å²) in [7, 11) is 1.79. The van der Waals surface area contributed by atoms with E-state index in [0.717, 1.165) is 27.5 Å². The second-order valence-electron chi connectivity index (χ2n) is 9.39. The Kier molecular flexibility index (Phi) is 7.01. The first kappa shape index (κ1) is 26.0. The molecule has 0 unspecified atom stereocenters. The fourth-order valence-corrected chi connectivity index (χ4v) is 5.30. The van der Waals surface area contributed by atoms with Crippen LogP contribution in [0.25, 0.3) is 21.9 Å². The molecular weight excluding hydrogens is 532 g/mol. The summed E-state index contributed by atoms with van der Waals surface area (Å²) in [6.45, 7) is 1.80. The third-order valence-electron chi connectivity index (χ3n) is 6.77. The highest BCUT2D eigenvalue weighted by Crippen LogP contribution is 2.27. The lowest BCUT2D eigenvalue weighted by Gasteiger charge is -2.07. The first-order valence-electron chi connectivity index (χ1n) is 13.0. The smallest absolute Gasteiger partial charge is 0.295 e. The van der Waals surface area contributed by atoms with Gasteiger partial charge in [-0.25, -0.2) is 9.36 Å². The van der Waals surface area contributed by atoms with E-state index < -0.39 is 0 Å². The summed E-state index contributed by atoms with van der Waals surface area (Å²) in [5, 5.41) is 9.65. The molecule has 3 heterocycles. The molecule has 0 spiro atoms. The number of aliphatic imine (C=N–C) groups is 1. The van der Waals surface area contributed by atoms with Gasteiger partial charge in [0.05, 0.1) is 27.6 Å². The molecule has 0 fully saturated rings. The molecule has 6 rings (SSSR count). The molecule has 0 saturated heterocycles. The Morgan fingerprint density at radius 1 is 0.927 bits per heavy atom. The van der Waals surface area contributed by atoms with Crippen molar-refractivity contribution in [1.29, 1.82) is 0 Å². The summed E-state index contributed by atoms with van der Waals surface area (Å²) in [5.41, 5.74) is 4.95. The van der Waals surface area contributed by atoms with Crippen LogP contribution in [0, 0.1) is 6.92 Å². The number of carbonyl (C=O) groups excluding carboxylic acids is 1. The standard InChI is InChI=1S/C32H26N6O2S/c1-22-29(32(40)38(36(22)2)27-15-7-4-8-16-27)34-31(39)23-11-9-12-25(19-23)33-20-24-21-37(26-13-5-3-6-14-26)35-30(24)28-17-10-18-41-28/h3-21H,1-2H3,(H,34,39). The summed E-state index contributed by atoms with van der Waals surface area (Å²) >= 11 is 1.61. The fraction of sp³-hybridized carbons (Fsp3) is 0.0625. The molecule has 0 aliphatic carbocycles. The molecule has 0 aliphatic rings. The topological polar surface area (TPSA) is 86.2 Å². The van der Waals surface area contributed by atoms with E-state index in [-0.39, 0.29) is 17.2 Å². The minimum Gasteiger partial charge on any atom is -0.316 e. The second-order valence-corrected chi connectivity index (χ2v) is 10.3. The van der Waals surface area contributed by atoms with E-state index >= 15 is 0 Å². The Labute approximate surface area is 240 Å². The third-order valence-corrected chi connectivity index (χ3v) is 7.65. The van der Waals surface area contributed by atoms with E-state index in [0.29, 0.717) is 16.9 Å². The van der Waals surface area contributed by atoms with E-state index in [1.165, 1.54) is 4.68 Å². The van der Waals surface area contributed by atoms with Crippen LogP contribution in [0.2, 0.25) is 0 Å². The fourth-order valence-electron chi connectivity index (χ4n) is 4.57. The summed E-state index contributed by atoms with van der Waals surface area (Å²) in [6.07, 6.45) is 3.71. The minimum absolute atomic E-state index is 0.240. The van der Waals surface area contributed by atoms with Crippen molar-refractivity contribution in [3.63, 3.8) is 0 Å². The van der Waals surface area contributed by atoms with Crippen molar-refractivity contribution >= 4 is 34.8 Å². The van der Waals surface area contributed by atoms with Crippen LogP contribution in [-0.4, -0.2) is 31.3 Å². The normalized spacial score (nSPS) is 11.3. The maximum Gasteiger partial charge on any atom is 0.295 e. The van der Waals surface area contributed by atoms with Crippen molar-refractivity contribution in [1.82, 2.24) is 19.1 Å². The Balaban J connectivity index is 1.27. The average Bonchev–Trinajstić information content (AvgIpc) is 3.74. The molecule has 3 aromatic carbocycles. The number of amides is 1. The zero-order valence-corrected chi connectivity index (χ0v) is 23.2. The molecule has 6 aromatic rings. The lowest BCUT2D eigenvalue weighted by molar-refractivity contribution is 0.102. The van der Waals surface area contributed by atoms with E-state index in [1.54, 1.807) is 54.4 Å². The summed E-state index contributed by atoms with van der Waals surface area (Å²) in [5.74, 6) is -0.385. The number of carbonyl (C=O) groups is 1. The van der Waals surface area contributed by atoms with Gasteiger partial charge in [-0.2, -0.15) is 5.10 Å². The lowest BCUT2D eigenvalue weighted by Crippen LogP contribution is -2.22. The molecule has 41 heavy (non-hydrogen) atoms. The van der Waals surface area contributed by atoms with Crippen LogP contribution in [0.1, 0.15) is 21.6 Å². The van der Waals surface area contributed by atoms with Crippen molar-refractivity contribution in [3.8, 4) is 21.9 Å². The van der Waals surface area contributed by atoms with Crippen LogP contribution < -0.4 is 10.9 Å². The number of nitrogens with one attached hydrogen (secondary N) is 1. The van der Waals surface area contributed by atoms with Gasteiger partial charge in [0.15, 0.2) is 0 Å². The van der Waals surface area contributed by atoms with E-state index in [1.807, 2.05) is 95.1 Å². The Bertz CT molecular complexity index is 1920. The second kappa shape index (κ2) is 11.1. The van der Waals surface area contributed by atoms with Gasteiger partial charge in [0, 0.05) is 30.6 Å². The average molecular weight is 559 g/mol. The van der Waals surface area contributed by atoms with Gasteiger partial charge in [0.25, 0.3) is 11.5 Å². The molecule has 8 nitrogen and oxygen atoms in total. The molecule has 0 radical (unpaired) electrons. The number of anilines is 1. The van der Waals surface area contributed by atoms with Crippen LogP contribution in [0.15, 0.2) is 118 Å². The number of hydrogen-bond donors (Lipinski definition) is 1. The van der Waals surface area contributed by atoms with Crippen molar-refractivity contribution in [2.24, 2.45) is 12.0 Å². The Morgan fingerprint density at radius 2 is 1.66 bits per heavy atom. The number of rotatable bonds is 7. The van der Waals surface area contributed by atoms with Gasteiger partial charge in [-0.3, -0.25) is 19.3 Å². The largest absolute Gasteiger partial charge is 0.316 e. The maximum atomic E-state index is 13.2. The number of hydrogen-bond acceptors (Lipinski definition) is 5. The Hall–Kier alpha value is -5.28. The first-order chi connectivity index (χ1) is 20.0. The summed E-state index contributed by atoms with van der Waals surface area (Å²) in [4.78, 5) is 32.2. The highest BCUT2D eigenvalue weighted by atomic mass is 32.1. The molecule has 1 amide bonds. The third kappa shape index (κ3) is 5.18. The van der Waals surface area contributed by atoms with Crippen molar-refractivity contribution in [2.75, 3.05) is 5.32 Å². The SMILES string of the molecule is Cc1c(NC(=O)c2cccc(N=Cc3cn(-c4ccccc4)nc3-c3cccs3)c2)c(=O)n(-c2ccccc2)n1C. The molecule has 202 valence electrons. The van der Waals surface area contributed by atoms with Crippen molar-refractivity contribution in [3.05, 3.63) is 136 Å². The molecule has 0 atom stereocenters.